The quantitative estimate of drug-likeness (QED) is 0.585. The lowest BCUT2D eigenvalue weighted by atomic mass is 9.69. The number of nitrogens with one attached hydrogen (secondary N) is 1. The molecule has 0 spiro atoms. The van der Waals surface area contributed by atoms with E-state index in [9.17, 15) is 4.79 Å². The number of rotatable bonds is 4. The molecular weight excluding hydrogens is 414 g/mol. The van der Waals surface area contributed by atoms with Crippen LogP contribution in [-0.4, -0.2) is 29.8 Å². The third-order valence-electron chi connectivity index (χ3n) is 6.63. The summed E-state index contributed by atoms with van der Waals surface area (Å²) in [7, 11) is 3.29. The number of carbonyl (C=O) groups excluding carboxylic acids is 1. The summed E-state index contributed by atoms with van der Waals surface area (Å²) in [5.41, 5.74) is 5.49. The summed E-state index contributed by atoms with van der Waals surface area (Å²) in [4.78, 5) is 13.6. The third kappa shape index (κ3) is 3.50. The van der Waals surface area contributed by atoms with Crippen molar-refractivity contribution in [3.8, 4) is 17.2 Å². The number of methoxy groups -OCH3 is 2. The van der Waals surface area contributed by atoms with Gasteiger partial charge in [-0.1, -0.05) is 38.1 Å². The van der Waals surface area contributed by atoms with Crippen LogP contribution in [0, 0.1) is 12.3 Å². The van der Waals surface area contributed by atoms with Crippen LogP contribution >= 0.6 is 0 Å². The number of hydrogen-bond donors (Lipinski definition) is 1. The number of carbonyl (C=O) groups is 1. The van der Waals surface area contributed by atoms with Crippen LogP contribution in [-0.2, 0) is 4.79 Å². The van der Waals surface area contributed by atoms with Gasteiger partial charge in [-0.05, 0) is 37.0 Å². The number of ether oxygens (including phenoxy) is 2. The highest BCUT2D eigenvalue weighted by Gasteiger charge is 2.43. The first-order valence-electron chi connectivity index (χ1n) is 11.2. The summed E-state index contributed by atoms with van der Waals surface area (Å²) in [5.74, 6) is 2.23. The number of ketones is 1. The van der Waals surface area contributed by atoms with Crippen molar-refractivity contribution in [3.05, 3.63) is 76.6 Å². The molecule has 6 heteroatoms. The zero-order chi connectivity index (χ0) is 23.3. The first-order chi connectivity index (χ1) is 15.8. The molecule has 5 rings (SSSR count). The zero-order valence-corrected chi connectivity index (χ0v) is 19.7. The maximum Gasteiger partial charge on any atom is 0.162 e. The standard InChI is InChI=1S/C27H29N3O3/c1-16-23-24(19-12-11-18(32-4)13-22(19)33-5)25-20(14-27(2,3)15-21(25)31)28-26(23)30(29-16)17-9-7-6-8-10-17/h6-13,24,28H,14-15H2,1-5H3. The van der Waals surface area contributed by atoms with Crippen LogP contribution in [0.15, 0.2) is 59.8 Å². The molecule has 1 unspecified atom stereocenters. The maximum atomic E-state index is 13.6. The van der Waals surface area contributed by atoms with Gasteiger partial charge in [0.1, 0.15) is 17.3 Å². The minimum absolute atomic E-state index is 0.110. The zero-order valence-electron chi connectivity index (χ0n) is 19.7. The molecule has 3 aromatic rings. The van der Waals surface area contributed by atoms with E-state index in [-0.39, 0.29) is 17.1 Å². The Kier molecular flexibility index (Phi) is 5.04. The van der Waals surface area contributed by atoms with Crippen molar-refractivity contribution in [1.29, 1.82) is 0 Å². The summed E-state index contributed by atoms with van der Waals surface area (Å²) in [5, 5.41) is 8.52. The molecule has 1 atom stereocenters. The minimum atomic E-state index is -0.266. The lowest BCUT2D eigenvalue weighted by Crippen LogP contribution is -2.34. The molecule has 1 aliphatic carbocycles. The highest BCUT2D eigenvalue weighted by atomic mass is 16.5. The van der Waals surface area contributed by atoms with E-state index >= 15 is 0 Å². The molecule has 1 aromatic heterocycles. The Bertz CT molecular complexity index is 1270. The van der Waals surface area contributed by atoms with E-state index in [4.69, 9.17) is 14.6 Å². The maximum absolute atomic E-state index is 13.6. The van der Waals surface area contributed by atoms with Crippen LogP contribution in [0.2, 0.25) is 0 Å². The van der Waals surface area contributed by atoms with Gasteiger partial charge >= 0.3 is 0 Å². The van der Waals surface area contributed by atoms with E-state index in [1.165, 1.54) is 0 Å². The Labute approximate surface area is 194 Å². The Balaban J connectivity index is 1.78. The minimum Gasteiger partial charge on any atom is -0.497 e. The molecule has 2 aliphatic rings. The second kappa shape index (κ2) is 7.80. The van der Waals surface area contributed by atoms with E-state index in [2.05, 4.69) is 19.2 Å². The van der Waals surface area contributed by atoms with Crippen molar-refractivity contribution in [2.24, 2.45) is 5.41 Å². The van der Waals surface area contributed by atoms with E-state index in [0.29, 0.717) is 17.9 Å². The van der Waals surface area contributed by atoms with Crippen LogP contribution in [0.4, 0.5) is 5.82 Å². The molecule has 33 heavy (non-hydrogen) atoms. The van der Waals surface area contributed by atoms with E-state index in [0.717, 1.165) is 46.0 Å². The SMILES string of the molecule is COc1ccc(C2C3=C(CC(C)(C)CC3=O)Nc3c2c(C)nn3-c2ccccc2)c(OC)c1. The number of Topliss-reactive ketones (excluding diaryl/α,β-unsaturated/α-hetero) is 1. The molecule has 6 nitrogen and oxygen atoms in total. The third-order valence-corrected chi connectivity index (χ3v) is 6.63. The second-order valence-electron chi connectivity index (χ2n) is 9.59. The van der Waals surface area contributed by atoms with Gasteiger partial charge in [0.05, 0.1) is 25.6 Å². The molecule has 1 aliphatic heterocycles. The average molecular weight is 444 g/mol. The molecular formula is C27H29N3O3. The normalized spacial score (nSPS) is 18.9. The predicted octanol–water partition coefficient (Wildman–Crippen LogP) is 5.40. The topological polar surface area (TPSA) is 65.4 Å². The van der Waals surface area contributed by atoms with Gasteiger partial charge in [-0.2, -0.15) is 5.10 Å². The van der Waals surface area contributed by atoms with Crippen LogP contribution in [0.3, 0.4) is 0 Å². The van der Waals surface area contributed by atoms with Gasteiger partial charge < -0.3 is 14.8 Å². The summed E-state index contributed by atoms with van der Waals surface area (Å²) in [6.45, 7) is 6.30. The van der Waals surface area contributed by atoms with Crippen LogP contribution in [0.5, 0.6) is 11.5 Å². The first-order valence-corrected chi connectivity index (χ1v) is 11.2. The Morgan fingerprint density at radius 2 is 1.82 bits per heavy atom. The van der Waals surface area contributed by atoms with Gasteiger partial charge in [-0.15, -0.1) is 0 Å². The second-order valence-corrected chi connectivity index (χ2v) is 9.59. The van der Waals surface area contributed by atoms with Gasteiger partial charge in [0.25, 0.3) is 0 Å². The number of anilines is 1. The van der Waals surface area contributed by atoms with E-state index in [1.54, 1.807) is 14.2 Å². The molecule has 170 valence electrons. The number of allylic oxidation sites excluding steroid dienone is 2. The van der Waals surface area contributed by atoms with Crippen LogP contribution in [0.25, 0.3) is 5.69 Å². The van der Waals surface area contributed by atoms with Gasteiger partial charge in [0, 0.05) is 40.8 Å². The number of nitrogens with zero attached hydrogens (tertiary/aromatic N) is 2. The molecule has 0 saturated heterocycles. The molecule has 0 bridgehead atoms. The highest BCUT2D eigenvalue weighted by molar-refractivity contribution is 6.01. The number of aryl methyl sites for hydroxylation is 1. The van der Waals surface area contributed by atoms with E-state index in [1.807, 2.05) is 60.1 Å². The Morgan fingerprint density at radius 1 is 1.06 bits per heavy atom. The molecule has 1 N–H and O–H groups in total. The van der Waals surface area contributed by atoms with Crippen molar-refractivity contribution in [2.75, 3.05) is 19.5 Å². The fourth-order valence-corrected chi connectivity index (χ4v) is 5.20. The summed E-state index contributed by atoms with van der Waals surface area (Å²) < 4.78 is 13.2. The highest BCUT2D eigenvalue weighted by Crippen LogP contribution is 2.52. The number of para-hydroxylation sites is 1. The van der Waals surface area contributed by atoms with Crippen LogP contribution < -0.4 is 14.8 Å². The summed E-state index contributed by atoms with van der Waals surface area (Å²) in [6, 6.07) is 15.9. The van der Waals surface area contributed by atoms with E-state index < -0.39 is 0 Å². The molecule has 0 radical (unpaired) electrons. The lowest BCUT2D eigenvalue weighted by Gasteiger charge is -2.39. The smallest absolute Gasteiger partial charge is 0.162 e. The van der Waals surface area contributed by atoms with Crippen molar-refractivity contribution in [1.82, 2.24) is 9.78 Å². The van der Waals surface area contributed by atoms with Crippen molar-refractivity contribution in [2.45, 2.75) is 39.5 Å². The number of hydrogen-bond acceptors (Lipinski definition) is 5. The summed E-state index contributed by atoms with van der Waals surface area (Å²) >= 11 is 0. The van der Waals surface area contributed by atoms with Crippen molar-refractivity contribution >= 4 is 11.6 Å². The monoisotopic (exact) mass is 443 g/mol. The number of benzene rings is 2. The molecule has 0 amide bonds. The first kappa shape index (κ1) is 21.3. The Hall–Kier alpha value is -3.54. The van der Waals surface area contributed by atoms with Crippen molar-refractivity contribution in [3.63, 3.8) is 0 Å². The fourth-order valence-electron chi connectivity index (χ4n) is 5.20. The summed E-state index contributed by atoms with van der Waals surface area (Å²) in [6.07, 6.45) is 1.31. The molecule has 0 saturated carbocycles. The molecule has 0 fully saturated rings. The predicted molar refractivity (Wildman–Crippen MR) is 128 cm³/mol. The fraction of sp³-hybridized carbons (Fsp3) is 0.333. The van der Waals surface area contributed by atoms with Gasteiger partial charge in [0.2, 0.25) is 0 Å². The van der Waals surface area contributed by atoms with Gasteiger partial charge in [-0.25, -0.2) is 4.68 Å². The lowest BCUT2D eigenvalue weighted by molar-refractivity contribution is -0.118. The van der Waals surface area contributed by atoms with Crippen LogP contribution in [0.1, 0.15) is 49.4 Å². The molecule has 2 heterocycles. The average Bonchev–Trinajstić information content (AvgIpc) is 3.13. The largest absolute Gasteiger partial charge is 0.497 e. The number of fused-ring (bicyclic) bond motifs is 1. The van der Waals surface area contributed by atoms with Gasteiger partial charge in [0.15, 0.2) is 5.78 Å². The number of aromatic nitrogens is 2. The Morgan fingerprint density at radius 3 is 2.52 bits per heavy atom. The molecule has 2 aromatic carbocycles. The van der Waals surface area contributed by atoms with Gasteiger partial charge in [-0.3, -0.25) is 4.79 Å². The van der Waals surface area contributed by atoms with Crippen molar-refractivity contribution < 1.29 is 14.3 Å².